The SMILES string of the molecule is CCN(CC)C(=O)NC[C@@H](C(C)C)N1CCOCC1. The van der Waals surface area contributed by atoms with E-state index in [0.29, 0.717) is 18.5 Å². The first-order chi connectivity index (χ1) is 9.10. The van der Waals surface area contributed by atoms with Gasteiger partial charge in [0.15, 0.2) is 0 Å². The molecule has 5 nitrogen and oxygen atoms in total. The van der Waals surface area contributed by atoms with Gasteiger partial charge in [-0.3, -0.25) is 4.90 Å². The Morgan fingerprint density at radius 1 is 1.26 bits per heavy atom. The minimum Gasteiger partial charge on any atom is -0.379 e. The van der Waals surface area contributed by atoms with Crippen molar-refractivity contribution < 1.29 is 9.53 Å². The van der Waals surface area contributed by atoms with Crippen LogP contribution >= 0.6 is 0 Å². The Balaban J connectivity index is 2.47. The molecule has 5 heteroatoms. The summed E-state index contributed by atoms with van der Waals surface area (Å²) in [5.74, 6) is 0.523. The van der Waals surface area contributed by atoms with Crippen LogP contribution in [0.15, 0.2) is 0 Å². The summed E-state index contributed by atoms with van der Waals surface area (Å²) in [5, 5.41) is 3.07. The molecule has 1 aliphatic rings. The van der Waals surface area contributed by atoms with E-state index in [1.807, 2.05) is 18.7 Å². The number of morpholine rings is 1. The number of urea groups is 1. The first-order valence-electron chi connectivity index (χ1n) is 7.44. The van der Waals surface area contributed by atoms with E-state index < -0.39 is 0 Å². The summed E-state index contributed by atoms with van der Waals surface area (Å²) < 4.78 is 5.39. The molecule has 0 spiro atoms. The molecule has 0 aromatic rings. The molecule has 2 amide bonds. The predicted molar refractivity (Wildman–Crippen MR) is 77.3 cm³/mol. The van der Waals surface area contributed by atoms with Crippen LogP contribution < -0.4 is 5.32 Å². The molecule has 0 unspecified atom stereocenters. The third-order valence-electron chi connectivity index (χ3n) is 3.80. The third kappa shape index (κ3) is 4.99. The van der Waals surface area contributed by atoms with Crippen molar-refractivity contribution in [3.8, 4) is 0 Å². The van der Waals surface area contributed by atoms with E-state index in [0.717, 1.165) is 39.4 Å². The largest absolute Gasteiger partial charge is 0.379 e. The highest BCUT2D eigenvalue weighted by molar-refractivity contribution is 5.74. The van der Waals surface area contributed by atoms with Crippen LogP contribution in [0.4, 0.5) is 4.79 Å². The summed E-state index contributed by atoms with van der Waals surface area (Å²) in [6, 6.07) is 0.437. The van der Waals surface area contributed by atoms with Crippen molar-refractivity contribution in [1.82, 2.24) is 15.1 Å². The van der Waals surface area contributed by atoms with Crippen LogP contribution in [0.5, 0.6) is 0 Å². The van der Waals surface area contributed by atoms with Gasteiger partial charge >= 0.3 is 6.03 Å². The van der Waals surface area contributed by atoms with Gasteiger partial charge in [-0.05, 0) is 19.8 Å². The Bertz CT molecular complexity index is 261. The number of hydrogen-bond acceptors (Lipinski definition) is 3. The lowest BCUT2D eigenvalue weighted by atomic mass is 10.0. The van der Waals surface area contributed by atoms with Gasteiger partial charge in [-0.1, -0.05) is 13.8 Å². The number of hydrogen-bond donors (Lipinski definition) is 1. The topological polar surface area (TPSA) is 44.8 Å². The van der Waals surface area contributed by atoms with Crippen LogP contribution in [0.25, 0.3) is 0 Å². The number of nitrogens with zero attached hydrogens (tertiary/aromatic N) is 2. The van der Waals surface area contributed by atoms with Gasteiger partial charge < -0.3 is 15.0 Å². The van der Waals surface area contributed by atoms with Gasteiger partial charge in [-0.2, -0.15) is 0 Å². The van der Waals surface area contributed by atoms with E-state index in [-0.39, 0.29) is 6.03 Å². The first-order valence-corrected chi connectivity index (χ1v) is 7.44. The van der Waals surface area contributed by atoms with Gasteiger partial charge in [0.25, 0.3) is 0 Å². The molecule has 0 aliphatic carbocycles. The summed E-state index contributed by atoms with van der Waals surface area (Å²) in [7, 11) is 0. The zero-order chi connectivity index (χ0) is 14.3. The second-order valence-corrected chi connectivity index (χ2v) is 5.32. The molecule has 1 heterocycles. The van der Waals surface area contributed by atoms with E-state index in [1.165, 1.54) is 0 Å². The van der Waals surface area contributed by atoms with Crippen molar-refractivity contribution in [2.24, 2.45) is 5.92 Å². The smallest absolute Gasteiger partial charge is 0.317 e. The van der Waals surface area contributed by atoms with Gasteiger partial charge in [0.1, 0.15) is 0 Å². The lowest BCUT2D eigenvalue weighted by Crippen LogP contribution is -2.52. The van der Waals surface area contributed by atoms with Gasteiger partial charge in [0.05, 0.1) is 13.2 Å². The fourth-order valence-corrected chi connectivity index (χ4v) is 2.51. The Hall–Kier alpha value is -0.810. The number of nitrogens with one attached hydrogen (secondary N) is 1. The van der Waals surface area contributed by atoms with Crippen molar-refractivity contribution in [1.29, 1.82) is 0 Å². The van der Waals surface area contributed by atoms with E-state index in [4.69, 9.17) is 4.74 Å². The molecule has 1 aliphatic heterocycles. The molecule has 0 aromatic carbocycles. The van der Waals surface area contributed by atoms with Gasteiger partial charge in [0, 0.05) is 38.8 Å². The first kappa shape index (κ1) is 16.2. The molecule has 112 valence electrons. The number of rotatable bonds is 6. The van der Waals surface area contributed by atoms with Crippen molar-refractivity contribution in [2.75, 3.05) is 45.9 Å². The summed E-state index contributed by atoms with van der Waals surface area (Å²) in [6.45, 7) is 14.2. The van der Waals surface area contributed by atoms with E-state index in [9.17, 15) is 4.79 Å². The molecule has 1 atom stereocenters. The monoisotopic (exact) mass is 271 g/mol. The van der Waals surface area contributed by atoms with Crippen molar-refractivity contribution in [3.05, 3.63) is 0 Å². The second-order valence-electron chi connectivity index (χ2n) is 5.32. The molecular weight excluding hydrogens is 242 g/mol. The normalized spacial score (nSPS) is 18.4. The zero-order valence-corrected chi connectivity index (χ0v) is 12.8. The Morgan fingerprint density at radius 3 is 2.32 bits per heavy atom. The molecule has 19 heavy (non-hydrogen) atoms. The highest BCUT2D eigenvalue weighted by atomic mass is 16.5. The van der Waals surface area contributed by atoms with Crippen LogP contribution in [0.1, 0.15) is 27.7 Å². The number of ether oxygens (including phenoxy) is 1. The minimum absolute atomic E-state index is 0.0453. The highest BCUT2D eigenvalue weighted by Gasteiger charge is 2.24. The fraction of sp³-hybridized carbons (Fsp3) is 0.929. The molecule has 1 fully saturated rings. The van der Waals surface area contributed by atoms with Crippen LogP contribution in [-0.4, -0.2) is 67.8 Å². The lowest BCUT2D eigenvalue weighted by molar-refractivity contribution is 0.00696. The molecule has 0 bridgehead atoms. The lowest BCUT2D eigenvalue weighted by Gasteiger charge is -2.37. The van der Waals surface area contributed by atoms with Crippen LogP contribution in [-0.2, 0) is 4.74 Å². The summed E-state index contributed by atoms with van der Waals surface area (Å²) in [5.41, 5.74) is 0. The number of carbonyl (C=O) groups is 1. The quantitative estimate of drug-likeness (QED) is 0.794. The van der Waals surface area contributed by atoms with Crippen molar-refractivity contribution in [3.63, 3.8) is 0 Å². The molecule has 0 saturated carbocycles. The molecule has 0 radical (unpaired) electrons. The highest BCUT2D eigenvalue weighted by Crippen LogP contribution is 2.12. The van der Waals surface area contributed by atoms with Crippen LogP contribution in [0.3, 0.4) is 0 Å². The van der Waals surface area contributed by atoms with Gasteiger partial charge in [-0.15, -0.1) is 0 Å². The minimum atomic E-state index is 0.0453. The average Bonchev–Trinajstić information content (AvgIpc) is 2.41. The summed E-state index contributed by atoms with van der Waals surface area (Å²) >= 11 is 0. The molecule has 1 saturated heterocycles. The summed E-state index contributed by atoms with van der Waals surface area (Å²) in [6.07, 6.45) is 0. The Morgan fingerprint density at radius 2 is 1.84 bits per heavy atom. The predicted octanol–water partition coefficient (Wildman–Crippen LogP) is 1.39. The molecule has 0 aromatic heterocycles. The maximum Gasteiger partial charge on any atom is 0.317 e. The van der Waals surface area contributed by atoms with E-state index in [1.54, 1.807) is 0 Å². The number of amides is 2. The van der Waals surface area contributed by atoms with Crippen molar-refractivity contribution >= 4 is 6.03 Å². The Labute approximate surface area is 117 Å². The fourth-order valence-electron chi connectivity index (χ4n) is 2.51. The third-order valence-corrected chi connectivity index (χ3v) is 3.80. The van der Waals surface area contributed by atoms with E-state index >= 15 is 0 Å². The second kappa shape index (κ2) is 8.38. The zero-order valence-electron chi connectivity index (χ0n) is 12.8. The summed E-state index contributed by atoms with van der Waals surface area (Å²) in [4.78, 5) is 16.2. The van der Waals surface area contributed by atoms with Crippen molar-refractivity contribution in [2.45, 2.75) is 33.7 Å². The standard InChI is InChI=1S/C14H29N3O2/c1-5-16(6-2)14(18)15-11-13(12(3)4)17-7-9-19-10-8-17/h12-13H,5-11H2,1-4H3,(H,15,18)/t13-/m0/s1. The maximum absolute atomic E-state index is 12.0. The molecule has 1 N–H and O–H groups in total. The molecule has 1 rings (SSSR count). The van der Waals surface area contributed by atoms with Crippen LogP contribution in [0, 0.1) is 5.92 Å². The van der Waals surface area contributed by atoms with E-state index in [2.05, 4.69) is 24.1 Å². The average molecular weight is 271 g/mol. The number of carbonyl (C=O) groups excluding carboxylic acids is 1. The van der Waals surface area contributed by atoms with Gasteiger partial charge in [-0.25, -0.2) is 4.79 Å². The van der Waals surface area contributed by atoms with Gasteiger partial charge in [0.2, 0.25) is 0 Å². The maximum atomic E-state index is 12.0. The van der Waals surface area contributed by atoms with Crippen LogP contribution in [0.2, 0.25) is 0 Å². The Kier molecular flexibility index (Phi) is 7.16. The molecular formula is C14H29N3O2.